The second kappa shape index (κ2) is 5.30. The van der Waals surface area contributed by atoms with Gasteiger partial charge in [0.25, 0.3) is 5.91 Å². The summed E-state index contributed by atoms with van der Waals surface area (Å²) in [4.78, 5) is 28.9. The number of hydrogen-bond acceptors (Lipinski definition) is 3. The molecule has 1 aromatic carbocycles. The molecule has 6 nitrogen and oxygen atoms in total. The van der Waals surface area contributed by atoms with Gasteiger partial charge in [-0.15, -0.1) is 0 Å². The Morgan fingerprint density at radius 3 is 2.70 bits per heavy atom. The Bertz CT molecular complexity index is 560. The van der Waals surface area contributed by atoms with Crippen LogP contribution in [0.5, 0.6) is 0 Å². The molecule has 1 saturated heterocycles. The Morgan fingerprint density at radius 1 is 1.45 bits per heavy atom. The van der Waals surface area contributed by atoms with Gasteiger partial charge in [0, 0.05) is 12.7 Å². The monoisotopic (exact) mass is 297 g/mol. The van der Waals surface area contributed by atoms with Crippen LogP contribution in [0.3, 0.4) is 0 Å². The van der Waals surface area contributed by atoms with Crippen LogP contribution in [0, 0.1) is 5.41 Å². The summed E-state index contributed by atoms with van der Waals surface area (Å²) in [6.45, 7) is 3.89. The Morgan fingerprint density at radius 2 is 2.15 bits per heavy atom. The summed E-state index contributed by atoms with van der Waals surface area (Å²) in [7, 11) is 1.52. The molecule has 0 saturated carbocycles. The molecule has 0 spiro atoms. The largest absolute Gasteiger partial charge is 0.341 e. The number of urea groups is 1. The van der Waals surface area contributed by atoms with Gasteiger partial charge in [0.15, 0.2) is 0 Å². The van der Waals surface area contributed by atoms with Crippen LogP contribution >= 0.6 is 11.6 Å². The summed E-state index contributed by atoms with van der Waals surface area (Å²) in [6, 6.07) is 4.49. The Hall–Kier alpha value is -1.79. The fraction of sp³-hybridized carbons (Fsp3) is 0.385. The first kappa shape index (κ1) is 14.6. The third-order valence-electron chi connectivity index (χ3n) is 2.97. The summed E-state index contributed by atoms with van der Waals surface area (Å²) in [6.07, 6.45) is 0. The molecule has 20 heavy (non-hydrogen) atoms. The predicted octanol–water partition coefficient (Wildman–Crippen LogP) is 2.40. The number of nitrogens with zero attached hydrogens (tertiary/aromatic N) is 1. The molecule has 0 aliphatic carbocycles. The van der Waals surface area contributed by atoms with Crippen molar-refractivity contribution in [1.29, 1.82) is 0 Å². The van der Waals surface area contributed by atoms with Crippen molar-refractivity contribution in [2.75, 3.05) is 24.0 Å². The van der Waals surface area contributed by atoms with Crippen LogP contribution in [-0.4, -0.2) is 25.6 Å². The highest BCUT2D eigenvalue weighted by atomic mass is 35.5. The number of nitrogens with one attached hydrogen (secondary N) is 2. The average Bonchev–Trinajstić information content (AvgIpc) is 2.67. The van der Waals surface area contributed by atoms with Crippen molar-refractivity contribution >= 4 is 34.9 Å². The maximum absolute atomic E-state index is 12.2. The molecule has 0 unspecified atom stereocenters. The standard InChI is InChI=1S/C13H16ClN3O3/c1-13(2)7-20-17(11(13)18)10-6-8(4-5-9(10)14)16-12(19)15-3/h4-6H,7H2,1-3H3,(H2,15,16,19). The third kappa shape index (κ3) is 2.71. The van der Waals surface area contributed by atoms with E-state index in [1.54, 1.807) is 32.0 Å². The molecular weight excluding hydrogens is 282 g/mol. The number of rotatable bonds is 2. The molecule has 7 heteroatoms. The van der Waals surface area contributed by atoms with E-state index in [4.69, 9.17) is 16.4 Å². The highest BCUT2D eigenvalue weighted by Crippen LogP contribution is 2.36. The van der Waals surface area contributed by atoms with Gasteiger partial charge in [-0.25, -0.2) is 4.79 Å². The number of halogens is 1. The summed E-state index contributed by atoms with van der Waals surface area (Å²) >= 11 is 6.10. The van der Waals surface area contributed by atoms with E-state index < -0.39 is 5.41 Å². The molecule has 2 rings (SSSR count). The minimum Gasteiger partial charge on any atom is -0.341 e. The van der Waals surface area contributed by atoms with E-state index in [1.165, 1.54) is 12.1 Å². The van der Waals surface area contributed by atoms with Crippen molar-refractivity contribution in [2.45, 2.75) is 13.8 Å². The van der Waals surface area contributed by atoms with Crippen molar-refractivity contribution in [2.24, 2.45) is 5.41 Å². The average molecular weight is 298 g/mol. The Kier molecular flexibility index (Phi) is 3.87. The molecule has 2 N–H and O–H groups in total. The van der Waals surface area contributed by atoms with E-state index >= 15 is 0 Å². The maximum atomic E-state index is 12.2. The number of carbonyl (C=O) groups is 2. The molecule has 0 aromatic heterocycles. The van der Waals surface area contributed by atoms with Gasteiger partial charge < -0.3 is 10.6 Å². The lowest BCUT2D eigenvalue weighted by Crippen LogP contribution is -2.31. The molecule has 108 valence electrons. The van der Waals surface area contributed by atoms with Gasteiger partial charge in [0.1, 0.15) is 0 Å². The van der Waals surface area contributed by atoms with Gasteiger partial charge in [-0.05, 0) is 32.0 Å². The van der Waals surface area contributed by atoms with Crippen molar-refractivity contribution < 1.29 is 14.4 Å². The summed E-state index contributed by atoms with van der Waals surface area (Å²) in [5, 5.41) is 6.61. The van der Waals surface area contributed by atoms with Gasteiger partial charge in [-0.2, -0.15) is 5.06 Å². The number of anilines is 2. The lowest BCUT2D eigenvalue weighted by Gasteiger charge is -2.18. The molecule has 0 atom stereocenters. The summed E-state index contributed by atoms with van der Waals surface area (Å²) in [5.41, 5.74) is 0.342. The number of carbonyl (C=O) groups excluding carboxylic acids is 2. The fourth-order valence-corrected chi connectivity index (χ4v) is 1.93. The summed E-state index contributed by atoms with van der Waals surface area (Å²) in [5.74, 6) is -0.170. The molecular formula is C13H16ClN3O3. The van der Waals surface area contributed by atoms with Gasteiger partial charge in [0.2, 0.25) is 0 Å². The van der Waals surface area contributed by atoms with Crippen LogP contribution < -0.4 is 15.7 Å². The van der Waals surface area contributed by atoms with Crippen LogP contribution in [0.15, 0.2) is 18.2 Å². The zero-order chi connectivity index (χ0) is 14.9. The zero-order valence-corrected chi connectivity index (χ0v) is 12.2. The first-order valence-corrected chi connectivity index (χ1v) is 6.49. The lowest BCUT2D eigenvalue weighted by molar-refractivity contribution is -0.124. The first-order valence-electron chi connectivity index (χ1n) is 6.11. The molecule has 1 fully saturated rings. The predicted molar refractivity (Wildman–Crippen MR) is 76.7 cm³/mol. The van der Waals surface area contributed by atoms with Crippen molar-refractivity contribution in [3.05, 3.63) is 23.2 Å². The van der Waals surface area contributed by atoms with Gasteiger partial charge in [-0.3, -0.25) is 9.63 Å². The Labute approximate surface area is 122 Å². The minimum atomic E-state index is -0.590. The van der Waals surface area contributed by atoms with E-state index in [1.807, 2.05) is 0 Å². The molecule has 1 aliphatic heterocycles. The topological polar surface area (TPSA) is 70.7 Å². The van der Waals surface area contributed by atoms with Gasteiger partial charge in [0.05, 0.1) is 22.7 Å². The molecule has 1 aliphatic rings. The SMILES string of the molecule is CNC(=O)Nc1ccc(Cl)c(N2OCC(C)(C)C2=O)c1. The van der Waals surface area contributed by atoms with E-state index in [9.17, 15) is 9.59 Å². The highest BCUT2D eigenvalue weighted by molar-refractivity contribution is 6.34. The zero-order valence-electron chi connectivity index (χ0n) is 11.5. The van der Waals surface area contributed by atoms with E-state index in [0.29, 0.717) is 16.4 Å². The molecule has 1 aromatic rings. The number of benzene rings is 1. The number of hydroxylamine groups is 1. The van der Waals surface area contributed by atoms with Crippen LogP contribution in [0.2, 0.25) is 5.02 Å². The van der Waals surface area contributed by atoms with E-state index in [2.05, 4.69) is 10.6 Å². The van der Waals surface area contributed by atoms with Gasteiger partial charge in [-0.1, -0.05) is 11.6 Å². The number of hydrogen-bond donors (Lipinski definition) is 2. The Balaban J connectivity index is 2.30. The molecule has 0 radical (unpaired) electrons. The van der Waals surface area contributed by atoms with Crippen molar-refractivity contribution in [3.8, 4) is 0 Å². The van der Waals surface area contributed by atoms with Crippen molar-refractivity contribution in [1.82, 2.24) is 5.32 Å². The second-order valence-electron chi connectivity index (χ2n) is 5.13. The first-order chi connectivity index (χ1) is 9.35. The normalized spacial score (nSPS) is 17.2. The number of amides is 3. The fourth-order valence-electron chi connectivity index (χ4n) is 1.74. The molecule has 3 amide bonds. The maximum Gasteiger partial charge on any atom is 0.318 e. The summed E-state index contributed by atoms with van der Waals surface area (Å²) < 4.78 is 0. The quantitative estimate of drug-likeness (QED) is 0.880. The molecule has 0 bridgehead atoms. The van der Waals surface area contributed by atoms with E-state index in [0.717, 1.165) is 0 Å². The van der Waals surface area contributed by atoms with Gasteiger partial charge >= 0.3 is 6.03 Å². The molecule has 1 heterocycles. The lowest BCUT2D eigenvalue weighted by atomic mass is 9.95. The third-order valence-corrected chi connectivity index (χ3v) is 3.29. The van der Waals surface area contributed by atoms with Crippen LogP contribution in [0.25, 0.3) is 0 Å². The smallest absolute Gasteiger partial charge is 0.318 e. The second-order valence-corrected chi connectivity index (χ2v) is 5.53. The minimum absolute atomic E-state index is 0.170. The van der Waals surface area contributed by atoms with Crippen LogP contribution in [0.1, 0.15) is 13.8 Å². The van der Waals surface area contributed by atoms with Crippen LogP contribution in [-0.2, 0) is 9.63 Å². The highest BCUT2D eigenvalue weighted by Gasteiger charge is 2.41. The van der Waals surface area contributed by atoms with Crippen molar-refractivity contribution in [3.63, 3.8) is 0 Å². The van der Waals surface area contributed by atoms with Crippen LogP contribution in [0.4, 0.5) is 16.2 Å². The van der Waals surface area contributed by atoms with E-state index in [-0.39, 0.29) is 18.5 Å².